The van der Waals surface area contributed by atoms with E-state index in [0.717, 1.165) is 22.7 Å². The van der Waals surface area contributed by atoms with E-state index in [1.807, 2.05) is 0 Å². The molecule has 0 unspecified atom stereocenters. The number of rotatable bonds is 6. The van der Waals surface area contributed by atoms with E-state index in [-0.39, 0.29) is 0 Å². The highest BCUT2D eigenvalue weighted by atomic mass is 15.1. The van der Waals surface area contributed by atoms with E-state index < -0.39 is 5.41 Å². The zero-order valence-electron chi connectivity index (χ0n) is 36.6. The van der Waals surface area contributed by atoms with Crippen LogP contribution >= 0.6 is 0 Å². The largest absolute Gasteiger partial charge is 0.310 e. The molecular weight excluding hydrogens is 809 g/mol. The number of hydrogen-bond acceptors (Lipinski definition) is 1. The standard InChI is InChI=1S/C65H42N2/c1-3-20-45(21-4-1)66(60-35-18-36-61-63(60)55-42-39-43-19-7-8-25-49(43)64(55)67(61)46-22-5-2-6-23-46)47-40-37-44(38-41-47)48-24-9-10-26-50(48)53-30-17-34-59-62(53)54-29-13-16-33-58(54)65(59)56-31-14-11-27-51(56)52-28-12-15-32-57(52)65/h1-42H. The summed E-state index contributed by atoms with van der Waals surface area (Å²) in [5, 5.41) is 4.91. The van der Waals surface area contributed by atoms with Crippen molar-refractivity contribution in [3.05, 3.63) is 277 Å². The quantitative estimate of drug-likeness (QED) is 0.162. The fourth-order valence-electron chi connectivity index (χ4n) is 12.0. The molecule has 1 heterocycles. The Morgan fingerprint density at radius 1 is 0.328 bits per heavy atom. The van der Waals surface area contributed by atoms with Crippen LogP contribution < -0.4 is 4.90 Å². The third-order valence-corrected chi connectivity index (χ3v) is 14.6. The molecule has 312 valence electrons. The Morgan fingerprint density at radius 3 is 1.60 bits per heavy atom. The lowest BCUT2D eigenvalue weighted by Crippen LogP contribution is -2.25. The molecule has 0 aliphatic heterocycles. The summed E-state index contributed by atoms with van der Waals surface area (Å²) in [4.78, 5) is 2.43. The minimum Gasteiger partial charge on any atom is -0.310 e. The number of benzene rings is 11. The summed E-state index contributed by atoms with van der Waals surface area (Å²) in [5.74, 6) is 0. The zero-order valence-corrected chi connectivity index (χ0v) is 36.6. The molecule has 0 radical (unpaired) electrons. The first-order valence-electron chi connectivity index (χ1n) is 23.3. The van der Waals surface area contributed by atoms with Gasteiger partial charge in [0, 0.05) is 33.2 Å². The van der Waals surface area contributed by atoms with Crippen molar-refractivity contribution in [1.82, 2.24) is 4.57 Å². The van der Waals surface area contributed by atoms with Gasteiger partial charge in [-0.15, -0.1) is 0 Å². The van der Waals surface area contributed by atoms with Gasteiger partial charge in [0.2, 0.25) is 0 Å². The predicted octanol–water partition coefficient (Wildman–Crippen LogP) is 17.1. The monoisotopic (exact) mass is 850 g/mol. The highest BCUT2D eigenvalue weighted by Crippen LogP contribution is 2.64. The minimum atomic E-state index is -0.393. The fraction of sp³-hybridized carbons (Fsp3) is 0.0154. The average Bonchev–Trinajstić information content (AvgIpc) is 4.02. The molecule has 1 aromatic heterocycles. The summed E-state index contributed by atoms with van der Waals surface area (Å²) in [5.41, 5.74) is 22.0. The van der Waals surface area contributed by atoms with Crippen molar-refractivity contribution in [3.63, 3.8) is 0 Å². The second-order valence-corrected chi connectivity index (χ2v) is 17.9. The van der Waals surface area contributed by atoms with Crippen LogP contribution in [-0.4, -0.2) is 4.57 Å². The van der Waals surface area contributed by atoms with Gasteiger partial charge in [-0.3, -0.25) is 0 Å². The Labute approximate surface area is 389 Å². The molecule has 0 bridgehead atoms. The summed E-state index contributed by atoms with van der Waals surface area (Å²) < 4.78 is 2.45. The van der Waals surface area contributed by atoms with Gasteiger partial charge in [0.15, 0.2) is 0 Å². The van der Waals surface area contributed by atoms with E-state index in [4.69, 9.17) is 0 Å². The van der Waals surface area contributed by atoms with Crippen LogP contribution in [0.3, 0.4) is 0 Å². The van der Waals surface area contributed by atoms with E-state index in [2.05, 4.69) is 264 Å². The second kappa shape index (κ2) is 14.7. The van der Waals surface area contributed by atoms with Gasteiger partial charge in [-0.25, -0.2) is 0 Å². The summed E-state index contributed by atoms with van der Waals surface area (Å²) in [7, 11) is 0. The van der Waals surface area contributed by atoms with Gasteiger partial charge in [-0.05, 0) is 121 Å². The molecule has 11 aromatic carbocycles. The third kappa shape index (κ3) is 5.33. The van der Waals surface area contributed by atoms with Crippen molar-refractivity contribution in [2.75, 3.05) is 4.90 Å². The van der Waals surface area contributed by atoms with E-state index in [0.29, 0.717) is 0 Å². The molecule has 0 saturated heterocycles. The highest BCUT2D eigenvalue weighted by Gasteiger charge is 2.52. The first-order chi connectivity index (χ1) is 33.3. The molecule has 2 nitrogen and oxygen atoms in total. The van der Waals surface area contributed by atoms with Gasteiger partial charge >= 0.3 is 0 Å². The van der Waals surface area contributed by atoms with Crippen molar-refractivity contribution >= 4 is 49.6 Å². The number of aromatic nitrogens is 1. The number of hydrogen-bond donors (Lipinski definition) is 0. The maximum absolute atomic E-state index is 2.45. The Morgan fingerprint density at radius 2 is 0.866 bits per heavy atom. The molecule has 0 saturated carbocycles. The lowest BCUT2D eigenvalue weighted by Gasteiger charge is -2.30. The van der Waals surface area contributed by atoms with Gasteiger partial charge in [0.25, 0.3) is 0 Å². The molecule has 2 aliphatic carbocycles. The summed E-state index contributed by atoms with van der Waals surface area (Å²) in [6.07, 6.45) is 0. The SMILES string of the molecule is c1ccc(N(c2ccc(-c3ccccc3-c3cccc4c3-c3ccccc3C43c4ccccc4-c4ccccc43)cc2)c2cccc3c2c2ccc4ccccc4c2n3-c2ccccc2)cc1. The van der Waals surface area contributed by atoms with Crippen LogP contribution in [0.1, 0.15) is 22.3 Å². The molecule has 0 N–H and O–H groups in total. The van der Waals surface area contributed by atoms with Crippen LogP contribution in [0.25, 0.3) is 82.8 Å². The molecule has 0 fully saturated rings. The summed E-state index contributed by atoms with van der Waals surface area (Å²) in [6, 6.07) is 94.1. The van der Waals surface area contributed by atoms with Crippen molar-refractivity contribution in [1.29, 1.82) is 0 Å². The molecule has 1 spiro atoms. The Bertz CT molecular complexity index is 3870. The van der Waals surface area contributed by atoms with E-state index in [1.165, 1.54) is 99.3 Å². The third-order valence-electron chi connectivity index (χ3n) is 14.6. The first kappa shape index (κ1) is 37.6. The van der Waals surface area contributed by atoms with Crippen molar-refractivity contribution in [2.24, 2.45) is 0 Å². The van der Waals surface area contributed by atoms with E-state index in [9.17, 15) is 0 Å². The Hall–Kier alpha value is -8.72. The summed E-state index contributed by atoms with van der Waals surface area (Å²) in [6.45, 7) is 0. The van der Waals surface area contributed by atoms with Gasteiger partial charge in [-0.1, -0.05) is 206 Å². The number of fused-ring (bicyclic) bond motifs is 15. The predicted molar refractivity (Wildman–Crippen MR) is 280 cm³/mol. The molecule has 0 atom stereocenters. The molecule has 67 heavy (non-hydrogen) atoms. The van der Waals surface area contributed by atoms with E-state index >= 15 is 0 Å². The first-order valence-corrected chi connectivity index (χ1v) is 23.3. The Balaban J connectivity index is 0.941. The van der Waals surface area contributed by atoms with Gasteiger partial charge in [0.1, 0.15) is 0 Å². The molecule has 2 aliphatic rings. The smallest absolute Gasteiger partial charge is 0.0725 e. The van der Waals surface area contributed by atoms with Gasteiger partial charge in [0.05, 0.1) is 22.1 Å². The maximum atomic E-state index is 2.45. The normalized spacial score (nSPS) is 12.9. The fourth-order valence-corrected chi connectivity index (χ4v) is 12.0. The topological polar surface area (TPSA) is 8.17 Å². The van der Waals surface area contributed by atoms with Crippen molar-refractivity contribution < 1.29 is 0 Å². The minimum absolute atomic E-state index is 0.393. The zero-order chi connectivity index (χ0) is 44.1. The van der Waals surface area contributed by atoms with Crippen LogP contribution in [0.5, 0.6) is 0 Å². The average molecular weight is 851 g/mol. The second-order valence-electron chi connectivity index (χ2n) is 17.9. The lowest BCUT2D eigenvalue weighted by molar-refractivity contribution is 0.794. The lowest BCUT2D eigenvalue weighted by atomic mass is 9.70. The molecule has 12 aromatic rings. The van der Waals surface area contributed by atoms with E-state index in [1.54, 1.807) is 0 Å². The number of para-hydroxylation sites is 2. The van der Waals surface area contributed by atoms with Gasteiger partial charge < -0.3 is 9.47 Å². The van der Waals surface area contributed by atoms with Crippen LogP contribution in [0.2, 0.25) is 0 Å². The van der Waals surface area contributed by atoms with Crippen molar-refractivity contribution in [3.8, 4) is 50.2 Å². The number of nitrogens with zero attached hydrogens (tertiary/aromatic N) is 2. The number of anilines is 3. The molecule has 14 rings (SSSR count). The summed E-state index contributed by atoms with van der Waals surface area (Å²) >= 11 is 0. The highest BCUT2D eigenvalue weighted by molar-refractivity contribution is 6.23. The van der Waals surface area contributed by atoms with Crippen molar-refractivity contribution in [2.45, 2.75) is 5.41 Å². The van der Waals surface area contributed by atoms with Crippen LogP contribution in [0, 0.1) is 0 Å². The van der Waals surface area contributed by atoms with Crippen LogP contribution in [0.4, 0.5) is 17.1 Å². The molecule has 0 amide bonds. The van der Waals surface area contributed by atoms with Crippen LogP contribution in [0.15, 0.2) is 255 Å². The van der Waals surface area contributed by atoms with Gasteiger partial charge in [-0.2, -0.15) is 0 Å². The molecule has 2 heteroatoms. The Kier molecular flexibility index (Phi) is 8.23. The molecular formula is C65H42N2. The maximum Gasteiger partial charge on any atom is 0.0725 e. The van der Waals surface area contributed by atoms with Crippen LogP contribution in [-0.2, 0) is 5.41 Å².